The second-order valence-corrected chi connectivity index (χ2v) is 7.26. The van der Waals surface area contributed by atoms with Gasteiger partial charge in [0.1, 0.15) is 0 Å². The van der Waals surface area contributed by atoms with E-state index in [1.54, 1.807) is 0 Å². The molecule has 0 N–H and O–H groups in total. The van der Waals surface area contributed by atoms with E-state index in [0.717, 1.165) is 17.8 Å². The van der Waals surface area contributed by atoms with Crippen LogP contribution in [0.3, 0.4) is 0 Å². The first-order chi connectivity index (χ1) is 9.22. The van der Waals surface area contributed by atoms with Crippen LogP contribution in [0.5, 0.6) is 0 Å². The first-order valence-electron chi connectivity index (χ1n) is 7.83. The quantitative estimate of drug-likeness (QED) is 0.693. The van der Waals surface area contributed by atoms with Crippen LogP contribution in [0.2, 0.25) is 0 Å². The summed E-state index contributed by atoms with van der Waals surface area (Å²) in [6, 6.07) is 8.60. The highest BCUT2D eigenvalue weighted by Gasteiger charge is 2.50. The van der Waals surface area contributed by atoms with Gasteiger partial charge in [0.05, 0.1) is 5.54 Å². The predicted molar refractivity (Wildman–Crippen MR) is 79.7 cm³/mol. The summed E-state index contributed by atoms with van der Waals surface area (Å²) in [4.78, 5) is 5.12. The van der Waals surface area contributed by atoms with E-state index in [9.17, 15) is 0 Å². The fourth-order valence-corrected chi connectivity index (χ4v) is 5.16. The Morgan fingerprint density at radius 2 is 1.58 bits per heavy atom. The van der Waals surface area contributed by atoms with Gasteiger partial charge in [-0.1, -0.05) is 24.3 Å². The summed E-state index contributed by atoms with van der Waals surface area (Å²) in [5.41, 5.74) is 2.96. The van der Waals surface area contributed by atoms with Gasteiger partial charge < -0.3 is 0 Å². The first kappa shape index (κ1) is 11.7. The fraction of sp³-hybridized carbons (Fsp3) is 0.611. The summed E-state index contributed by atoms with van der Waals surface area (Å²) in [6.07, 6.45) is 10.8. The molecule has 4 saturated carbocycles. The summed E-state index contributed by atoms with van der Waals surface area (Å²) in [5.74, 6) is 2.96. The molecule has 4 bridgehead atoms. The van der Waals surface area contributed by atoms with Crippen molar-refractivity contribution >= 4 is 6.21 Å². The molecule has 0 heterocycles. The smallest absolute Gasteiger partial charge is 0.0616 e. The highest BCUT2D eigenvalue weighted by molar-refractivity contribution is 5.81. The molecule has 0 aromatic heterocycles. The van der Waals surface area contributed by atoms with Crippen LogP contribution >= 0.6 is 0 Å². The molecule has 0 spiro atoms. The highest BCUT2D eigenvalue weighted by Crippen LogP contribution is 2.57. The lowest BCUT2D eigenvalue weighted by Crippen LogP contribution is -2.49. The molecule has 1 nitrogen and oxygen atoms in total. The van der Waals surface area contributed by atoms with Crippen LogP contribution in [0.1, 0.15) is 49.7 Å². The normalized spacial score (nSPS) is 40.2. The van der Waals surface area contributed by atoms with Crippen molar-refractivity contribution in [2.45, 2.75) is 51.0 Å². The van der Waals surface area contributed by atoms with Crippen LogP contribution in [0.4, 0.5) is 0 Å². The van der Waals surface area contributed by atoms with Gasteiger partial charge in [-0.05, 0) is 74.3 Å². The van der Waals surface area contributed by atoms with Crippen LogP contribution in [-0.4, -0.2) is 11.8 Å². The van der Waals surface area contributed by atoms with Gasteiger partial charge in [-0.15, -0.1) is 0 Å². The average molecular weight is 253 g/mol. The molecule has 1 heteroatoms. The zero-order chi connectivity index (χ0) is 12.9. The molecule has 0 aliphatic heterocycles. The van der Waals surface area contributed by atoms with Crippen LogP contribution in [0, 0.1) is 24.7 Å². The number of hydrogen-bond acceptors (Lipinski definition) is 1. The molecule has 19 heavy (non-hydrogen) atoms. The second kappa shape index (κ2) is 4.19. The molecule has 0 radical (unpaired) electrons. The molecule has 100 valence electrons. The summed E-state index contributed by atoms with van der Waals surface area (Å²) in [5, 5.41) is 0. The van der Waals surface area contributed by atoms with E-state index in [1.807, 2.05) is 0 Å². The third-order valence-electron chi connectivity index (χ3n) is 5.67. The first-order valence-corrected chi connectivity index (χ1v) is 7.83. The van der Waals surface area contributed by atoms with Gasteiger partial charge in [0, 0.05) is 6.21 Å². The van der Waals surface area contributed by atoms with Gasteiger partial charge in [0.25, 0.3) is 0 Å². The maximum Gasteiger partial charge on any atom is 0.0616 e. The van der Waals surface area contributed by atoms with Gasteiger partial charge in [-0.25, -0.2) is 0 Å². The lowest BCUT2D eigenvalue weighted by molar-refractivity contribution is 0.00195. The molecule has 0 unspecified atom stereocenters. The maximum absolute atomic E-state index is 5.12. The SMILES string of the molecule is Cc1ccccc1C=NC12CC3CC(CC(C3)C1)C2. The van der Waals surface area contributed by atoms with E-state index < -0.39 is 0 Å². The van der Waals surface area contributed by atoms with Gasteiger partial charge >= 0.3 is 0 Å². The minimum absolute atomic E-state index is 0.316. The van der Waals surface area contributed by atoms with Crippen LogP contribution in [-0.2, 0) is 0 Å². The summed E-state index contributed by atoms with van der Waals surface area (Å²) in [6.45, 7) is 2.18. The van der Waals surface area contributed by atoms with Crippen molar-refractivity contribution in [1.29, 1.82) is 0 Å². The number of aryl methyl sites for hydroxylation is 1. The van der Waals surface area contributed by atoms with Crippen molar-refractivity contribution in [1.82, 2.24) is 0 Å². The van der Waals surface area contributed by atoms with E-state index in [1.165, 1.54) is 49.7 Å². The molecular formula is C18H23N. The van der Waals surface area contributed by atoms with Gasteiger partial charge in [0.15, 0.2) is 0 Å². The number of hydrogen-bond donors (Lipinski definition) is 0. The molecule has 0 saturated heterocycles. The molecule has 1 aromatic carbocycles. The van der Waals surface area contributed by atoms with Crippen LogP contribution in [0.15, 0.2) is 29.3 Å². The summed E-state index contributed by atoms with van der Waals surface area (Å²) in [7, 11) is 0. The zero-order valence-electron chi connectivity index (χ0n) is 11.8. The van der Waals surface area contributed by atoms with Crippen LogP contribution in [0.25, 0.3) is 0 Å². The van der Waals surface area contributed by atoms with Crippen LogP contribution < -0.4 is 0 Å². The van der Waals surface area contributed by atoms with Gasteiger partial charge in [0.2, 0.25) is 0 Å². The molecule has 0 atom stereocenters. The van der Waals surface area contributed by atoms with Crippen molar-refractivity contribution in [2.75, 3.05) is 0 Å². The van der Waals surface area contributed by atoms with Crippen molar-refractivity contribution in [2.24, 2.45) is 22.7 Å². The minimum Gasteiger partial charge on any atom is -0.286 e. The summed E-state index contributed by atoms with van der Waals surface area (Å²) >= 11 is 0. The largest absolute Gasteiger partial charge is 0.286 e. The number of aliphatic imine (C=N–C) groups is 1. The minimum atomic E-state index is 0.316. The zero-order valence-corrected chi connectivity index (χ0v) is 11.8. The lowest BCUT2D eigenvalue weighted by Gasteiger charge is -2.55. The Morgan fingerprint density at radius 1 is 1.00 bits per heavy atom. The fourth-order valence-electron chi connectivity index (χ4n) is 5.16. The molecule has 4 aliphatic carbocycles. The van der Waals surface area contributed by atoms with E-state index in [2.05, 4.69) is 37.4 Å². The van der Waals surface area contributed by atoms with Gasteiger partial charge in [-0.2, -0.15) is 0 Å². The van der Waals surface area contributed by atoms with E-state index in [-0.39, 0.29) is 0 Å². The third kappa shape index (κ3) is 2.04. The second-order valence-electron chi connectivity index (χ2n) is 7.26. The Balaban J connectivity index is 1.61. The maximum atomic E-state index is 5.12. The Kier molecular flexibility index (Phi) is 2.58. The molecule has 4 fully saturated rings. The van der Waals surface area contributed by atoms with E-state index in [0.29, 0.717) is 5.54 Å². The highest BCUT2D eigenvalue weighted by atomic mass is 14.9. The van der Waals surface area contributed by atoms with Crippen molar-refractivity contribution in [3.63, 3.8) is 0 Å². The number of nitrogens with zero attached hydrogens (tertiary/aromatic N) is 1. The molecule has 4 aliphatic rings. The summed E-state index contributed by atoms with van der Waals surface area (Å²) < 4.78 is 0. The van der Waals surface area contributed by atoms with Crippen molar-refractivity contribution in [3.8, 4) is 0 Å². The average Bonchev–Trinajstić information content (AvgIpc) is 2.36. The molecule has 1 aromatic rings. The molecular weight excluding hydrogens is 230 g/mol. The lowest BCUT2D eigenvalue weighted by atomic mass is 9.53. The number of benzene rings is 1. The number of rotatable bonds is 2. The third-order valence-corrected chi connectivity index (χ3v) is 5.67. The molecule has 5 rings (SSSR count). The van der Waals surface area contributed by atoms with Crippen molar-refractivity contribution in [3.05, 3.63) is 35.4 Å². The monoisotopic (exact) mass is 253 g/mol. The standard InChI is InChI=1S/C18H23N/c1-13-4-2-3-5-17(13)12-19-18-9-14-6-15(10-18)8-16(7-14)11-18/h2-5,12,14-16H,6-11H2,1H3. The molecule has 0 amide bonds. The Labute approximate surface area is 116 Å². The van der Waals surface area contributed by atoms with Crippen molar-refractivity contribution < 1.29 is 0 Å². The Hall–Kier alpha value is -1.11. The van der Waals surface area contributed by atoms with Gasteiger partial charge in [-0.3, -0.25) is 4.99 Å². The Bertz CT molecular complexity index is 479. The van der Waals surface area contributed by atoms with E-state index in [4.69, 9.17) is 4.99 Å². The van der Waals surface area contributed by atoms with E-state index >= 15 is 0 Å². The predicted octanol–water partition coefficient (Wildman–Crippen LogP) is 4.38. The Morgan fingerprint density at radius 3 is 2.16 bits per heavy atom. The topological polar surface area (TPSA) is 12.4 Å².